The van der Waals surface area contributed by atoms with E-state index in [0.29, 0.717) is 11.4 Å². The van der Waals surface area contributed by atoms with Gasteiger partial charge >= 0.3 is 11.4 Å². The molecule has 26 heavy (non-hydrogen) atoms. The zero-order valence-corrected chi connectivity index (χ0v) is 14.3. The zero-order chi connectivity index (χ0) is 19.1. The third kappa shape index (κ3) is 5.17. The molecule has 0 atom stereocenters. The largest absolute Gasteiger partial charge is 0.363 e. The highest BCUT2D eigenvalue weighted by atomic mass is 16.6. The molecule has 134 valence electrons. The van der Waals surface area contributed by atoms with E-state index in [1.807, 2.05) is 38.1 Å². The SMILES string of the molecule is Cc1ccc(N/C=C(/C(=C\Nc2ccc(C)cc2)[N+](=O)[O-])[N+](=O)[O-])cc1. The molecule has 0 heterocycles. The molecule has 0 radical (unpaired) electrons. The lowest BCUT2D eigenvalue weighted by Gasteiger charge is -2.03. The van der Waals surface area contributed by atoms with Crippen molar-refractivity contribution < 1.29 is 9.85 Å². The maximum Gasteiger partial charge on any atom is 0.363 e. The van der Waals surface area contributed by atoms with Gasteiger partial charge in [-0.05, 0) is 38.1 Å². The van der Waals surface area contributed by atoms with Crippen molar-refractivity contribution in [3.63, 3.8) is 0 Å². The third-order valence-electron chi connectivity index (χ3n) is 3.51. The molecule has 0 aliphatic carbocycles. The molecule has 8 heteroatoms. The van der Waals surface area contributed by atoms with Crippen molar-refractivity contribution in [2.45, 2.75) is 13.8 Å². The van der Waals surface area contributed by atoms with Crippen LogP contribution in [0, 0.1) is 34.1 Å². The van der Waals surface area contributed by atoms with Crippen LogP contribution in [-0.2, 0) is 0 Å². The van der Waals surface area contributed by atoms with Crippen LogP contribution in [0.25, 0.3) is 0 Å². The Labute approximate surface area is 150 Å². The Morgan fingerprint density at radius 2 is 1.04 bits per heavy atom. The maximum atomic E-state index is 11.3. The van der Waals surface area contributed by atoms with E-state index in [1.54, 1.807) is 24.3 Å². The van der Waals surface area contributed by atoms with E-state index in [4.69, 9.17) is 0 Å². The lowest BCUT2D eigenvalue weighted by molar-refractivity contribution is -0.479. The van der Waals surface area contributed by atoms with Crippen LogP contribution in [0.5, 0.6) is 0 Å². The van der Waals surface area contributed by atoms with E-state index in [1.165, 1.54) is 0 Å². The van der Waals surface area contributed by atoms with Crippen LogP contribution in [0.15, 0.2) is 72.3 Å². The van der Waals surface area contributed by atoms with Crippen molar-refractivity contribution in [3.05, 3.63) is 104 Å². The molecular weight excluding hydrogens is 336 g/mol. The van der Waals surface area contributed by atoms with Crippen molar-refractivity contribution >= 4 is 11.4 Å². The topological polar surface area (TPSA) is 110 Å². The molecule has 2 N–H and O–H groups in total. The molecule has 0 saturated heterocycles. The summed E-state index contributed by atoms with van der Waals surface area (Å²) in [6.07, 6.45) is 2.02. The van der Waals surface area contributed by atoms with Gasteiger partial charge in [-0.25, -0.2) is 0 Å². The predicted molar refractivity (Wildman–Crippen MR) is 99.8 cm³/mol. The van der Waals surface area contributed by atoms with E-state index in [9.17, 15) is 20.2 Å². The number of hydrogen-bond donors (Lipinski definition) is 2. The van der Waals surface area contributed by atoms with Crippen LogP contribution in [0.2, 0.25) is 0 Å². The van der Waals surface area contributed by atoms with Gasteiger partial charge in [-0.15, -0.1) is 0 Å². The lowest BCUT2D eigenvalue weighted by Crippen LogP contribution is -2.13. The highest BCUT2D eigenvalue weighted by molar-refractivity contribution is 5.49. The Morgan fingerprint density at radius 3 is 1.31 bits per heavy atom. The normalized spacial score (nSPS) is 11.8. The second-order valence-corrected chi connectivity index (χ2v) is 5.59. The van der Waals surface area contributed by atoms with Crippen molar-refractivity contribution in [1.29, 1.82) is 0 Å². The smallest absolute Gasteiger partial charge is 0.356 e. The first-order valence-electron chi connectivity index (χ1n) is 7.72. The summed E-state index contributed by atoms with van der Waals surface area (Å²) in [4.78, 5) is 21.0. The number of benzene rings is 2. The molecule has 2 aromatic carbocycles. The van der Waals surface area contributed by atoms with Crippen molar-refractivity contribution in [1.82, 2.24) is 0 Å². The minimum absolute atomic E-state index is 0.587. The molecule has 2 aromatic rings. The average Bonchev–Trinajstić information content (AvgIpc) is 2.60. The Hall–Kier alpha value is -3.68. The van der Waals surface area contributed by atoms with Gasteiger partial charge in [0.15, 0.2) is 0 Å². The molecule has 0 aromatic heterocycles. The van der Waals surface area contributed by atoms with Gasteiger partial charge in [0, 0.05) is 11.4 Å². The first-order chi connectivity index (χ1) is 12.4. The van der Waals surface area contributed by atoms with Crippen LogP contribution >= 0.6 is 0 Å². The van der Waals surface area contributed by atoms with Crippen LogP contribution < -0.4 is 10.6 Å². The quantitative estimate of drug-likeness (QED) is 0.441. The van der Waals surface area contributed by atoms with Crippen LogP contribution in [0.1, 0.15) is 11.1 Å². The van der Waals surface area contributed by atoms with E-state index in [-0.39, 0.29) is 0 Å². The minimum Gasteiger partial charge on any atom is -0.356 e. The van der Waals surface area contributed by atoms with Gasteiger partial charge in [0.05, 0.1) is 22.2 Å². The molecule has 0 aliphatic heterocycles. The maximum absolute atomic E-state index is 11.3. The molecular formula is C18H18N4O4. The summed E-state index contributed by atoms with van der Waals surface area (Å²) in [6.45, 7) is 3.82. The van der Waals surface area contributed by atoms with Gasteiger partial charge in [-0.1, -0.05) is 35.4 Å². The summed E-state index contributed by atoms with van der Waals surface area (Å²) in [6, 6.07) is 14.2. The van der Waals surface area contributed by atoms with Gasteiger partial charge < -0.3 is 10.6 Å². The van der Waals surface area contributed by atoms with Gasteiger partial charge in [0.2, 0.25) is 0 Å². The fourth-order valence-corrected chi connectivity index (χ4v) is 2.04. The lowest BCUT2D eigenvalue weighted by atomic mass is 10.2. The second-order valence-electron chi connectivity index (χ2n) is 5.59. The summed E-state index contributed by atoms with van der Waals surface area (Å²) >= 11 is 0. The molecule has 2 rings (SSSR count). The number of nitro groups is 2. The molecule has 0 fully saturated rings. The van der Waals surface area contributed by atoms with Gasteiger partial charge in [-0.3, -0.25) is 20.2 Å². The van der Waals surface area contributed by atoms with E-state index in [0.717, 1.165) is 23.5 Å². The van der Waals surface area contributed by atoms with Crippen molar-refractivity contribution in [2.75, 3.05) is 10.6 Å². The van der Waals surface area contributed by atoms with Gasteiger partial charge in [0.25, 0.3) is 0 Å². The molecule has 8 nitrogen and oxygen atoms in total. The number of rotatable bonds is 7. The number of aryl methyl sites for hydroxylation is 2. The number of anilines is 2. The van der Waals surface area contributed by atoms with E-state index >= 15 is 0 Å². The molecule has 0 unspecified atom stereocenters. The fraction of sp³-hybridized carbons (Fsp3) is 0.111. The number of hydrogen-bond acceptors (Lipinski definition) is 6. The summed E-state index contributed by atoms with van der Waals surface area (Å²) in [5.74, 6) is 0. The number of nitrogens with one attached hydrogen (secondary N) is 2. The highest BCUT2D eigenvalue weighted by Gasteiger charge is 2.29. The Morgan fingerprint density at radius 1 is 0.731 bits per heavy atom. The van der Waals surface area contributed by atoms with Crippen molar-refractivity contribution in [3.8, 4) is 0 Å². The standard InChI is InChI=1S/C18H18N4O4/c1-13-3-7-15(8-4-13)19-11-17(21(23)24)18(22(25)26)12-20-16-9-5-14(2)6-10-16/h3-12,19-20H,1-2H3/b17-11-,18-12+. The molecule has 0 amide bonds. The van der Waals surface area contributed by atoms with Gasteiger partial charge in [0.1, 0.15) is 0 Å². The summed E-state index contributed by atoms with van der Waals surface area (Å²) in [5.41, 5.74) is 1.92. The highest BCUT2D eigenvalue weighted by Crippen LogP contribution is 2.16. The van der Waals surface area contributed by atoms with E-state index in [2.05, 4.69) is 10.6 Å². The first kappa shape index (κ1) is 18.7. The molecule has 0 aliphatic rings. The second kappa shape index (κ2) is 8.43. The predicted octanol–water partition coefficient (Wildman–Crippen LogP) is 4.06. The monoisotopic (exact) mass is 354 g/mol. The molecule has 0 bridgehead atoms. The van der Waals surface area contributed by atoms with Gasteiger partial charge in [-0.2, -0.15) is 0 Å². The zero-order valence-electron chi connectivity index (χ0n) is 14.3. The summed E-state index contributed by atoms with van der Waals surface area (Å²) in [7, 11) is 0. The molecule has 0 spiro atoms. The van der Waals surface area contributed by atoms with Crippen LogP contribution in [-0.4, -0.2) is 9.85 Å². The summed E-state index contributed by atoms with van der Waals surface area (Å²) in [5, 5.41) is 28.0. The Kier molecular flexibility index (Phi) is 6.05. The average molecular weight is 354 g/mol. The summed E-state index contributed by atoms with van der Waals surface area (Å²) < 4.78 is 0. The number of nitrogens with zero attached hydrogens (tertiary/aromatic N) is 2. The van der Waals surface area contributed by atoms with E-state index < -0.39 is 21.2 Å². The van der Waals surface area contributed by atoms with Crippen molar-refractivity contribution in [2.24, 2.45) is 0 Å². The molecule has 0 saturated carbocycles. The minimum atomic E-state index is -0.799. The Bertz CT molecular complexity index is 782. The van der Waals surface area contributed by atoms with Crippen LogP contribution in [0.3, 0.4) is 0 Å². The fourth-order valence-electron chi connectivity index (χ4n) is 2.04. The Balaban J connectivity index is 2.26. The van der Waals surface area contributed by atoms with Crippen LogP contribution in [0.4, 0.5) is 11.4 Å². The first-order valence-corrected chi connectivity index (χ1v) is 7.72. The third-order valence-corrected chi connectivity index (χ3v) is 3.51.